The van der Waals surface area contributed by atoms with E-state index >= 15 is 0 Å². The fraction of sp³-hybridized carbons (Fsp3) is 0.917. The zero-order valence-electron chi connectivity index (χ0n) is 10.7. The first kappa shape index (κ1) is 15.4. The fourth-order valence-electron chi connectivity index (χ4n) is 1.56. The average Bonchev–Trinajstić information content (AvgIpc) is 2.15. The molecule has 0 heterocycles. The Labute approximate surface area is 97.9 Å². The second-order valence-electron chi connectivity index (χ2n) is 4.07. The van der Waals surface area contributed by atoms with Crippen molar-refractivity contribution in [2.24, 2.45) is 0 Å². The van der Waals surface area contributed by atoms with E-state index in [4.69, 9.17) is 9.47 Å². The molecule has 4 heteroatoms. The number of carbonyl (C=O) groups is 1. The first-order valence-electron chi connectivity index (χ1n) is 5.98. The fourth-order valence-corrected chi connectivity index (χ4v) is 1.56. The summed E-state index contributed by atoms with van der Waals surface area (Å²) >= 11 is 0. The summed E-state index contributed by atoms with van der Waals surface area (Å²) in [7, 11) is 0. The highest BCUT2D eigenvalue weighted by Crippen LogP contribution is 2.11. The maximum Gasteiger partial charge on any atom is 0.308 e. The number of hydrogen-bond donors (Lipinski definition) is 1. The van der Waals surface area contributed by atoms with Crippen LogP contribution in [0.25, 0.3) is 0 Å². The molecule has 96 valence electrons. The van der Waals surface area contributed by atoms with Crippen molar-refractivity contribution in [3.05, 3.63) is 0 Å². The monoisotopic (exact) mass is 232 g/mol. The molecule has 0 aliphatic heterocycles. The molecule has 0 bridgehead atoms. The lowest BCUT2D eigenvalue weighted by Crippen LogP contribution is -2.25. The van der Waals surface area contributed by atoms with Crippen LogP contribution >= 0.6 is 0 Å². The maximum atomic E-state index is 11.3. The number of carbonyl (C=O) groups excluding carboxylic acids is 1. The van der Waals surface area contributed by atoms with Crippen molar-refractivity contribution in [3.63, 3.8) is 0 Å². The zero-order chi connectivity index (χ0) is 12.6. The Kier molecular flexibility index (Phi) is 8.21. The van der Waals surface area contributed by atoms with Gasteiger partial charge in [-0.25, -0.2) is 0 Å². The molecule has 3 atom stereocenters. The SMILES string of the molecule is CCOC(=O)C[C@@H](CC)O[C@@H](C)C[C@@H](C)O. The van der Waals surface area contributed by atoms with Crippen LogP contribution in [0.15, 0.2) is 0 Å². The summed E-state index contributed by atoms with van der Waals surface area (Å²) in [6, 6.07) is 0. The molecule has 0 aromatic heterocycles. The maximum absolute atomic E-state index is 11.3. The van der Waals surface area contributed by atoms with E-state index in [1.807, 2.05) is 13.8 Å². The van der Waals surface area contributed by atoms with Gasteiger partial charge in [0.15, 0.2) is 0 Å². The lowest BCUT2D eigenvalue weighted by molar-refractivity contribution is -0.147. The van der Waals surface area contributed by atoms with E-state index in [9.17, 15) is 9.90 Å². The van der Waals surface area contributed by atoms with Gasteiger partial charge in [-0.1, -0.05) is 6.92 Å². The van der Waals surface area contributed by atoms with Crippen molar-refractivity contribution in [2.45, 2.75) is 65.3 Å². The van der Waals surface area contributed by atoms with Gasteiger partial charge >= 0.3 is 5.97 Å². The lowest BCUT2D eigenvalue weighted by Gasteiger charge is -2.21. The predicted molar refractivity (Wildman–Crippen MR) is 62.2 cm³/mol. The lowest BCUT2D eigenvalue weighted by atomic mass is 10.1. The summed E-state index contributed by atoms with van der Waals surface area (Å²) in [5.41, 5.74) is 0. The number of aliphatic hydroxyl groups excluding tert-OH is 1. The molecule has 1 N–H and O–H groups in total. The Morgan fingerprint density at radius 2 is 1.94 bits per heavy atom. The highest BCUT2D eigenvalue weighted by atomic mass is 16.5. The van der Waals surface area contributed by atoms with E-state index in [0.717, 1.165) is 6.42 Å². The van der Waals surface area contributed by atoms with Crippen molar-refractivity contribution in [3.8, 4) is 0 Å². The summed E-state index contributed by atoms with van der Waals surface area (Å²) in [5.74, 6) is -0.224. The average molecular weight is 232 g/mol. The standard InChI is InChI=1S/C12H24O4/c1-5-11(8-12(14)15-6-2)16-10(4)7-9(3)13/h9-11,13H,5-8H2,1-4H3/t9-,10+,11-/m1/s1. The van der Waals surface area contributed by atoms with Crippen molar-refractivity contribution in [1.29, 1.82) is 0 Å². The quantitative estimate of drug-likeness (QED) is 0.649. The van der Waals surface area contributed by atoms with Crippen LogP contribution < -0.4 is 0 Å². The topological polar surface area (TPSA) is 55.8 Å². The van der Waals surface area contributed by atoms with Crippen LogP contribution in [-0.2, 0) is 14.3 Å². The highest BCUT2D eigenvalue weighted by molar-refractivity contribution is 5.69. The van der Waals surface area contributed by atoms with Gasteiger partial charge in [-0.3, -0.25) is 4.79 Å². The predicted octanol–water partition coefficient (Wildman–Crippen LogP) is 1.89. The van der Waals surface area contributed by atoms with Crippen LogP contribution in [0.2, 0.25) is 0 Å². The largest absolute Gasteiger partial charge is 0.466 e. The van der Waals surface area contributed by atoms with E-state index < -0.39 is 0 Å². The molecule has 0 amide bonds. The second kappa shape index (κ2) is 8.53. The van der Waals surface area contributed by atoms with Gasteiger partial charge in [-0.05, 0) is 33.6 Å². The first-order valence-corrected chi connectivity index (χ1v) is 5.98. The van der Waals surface area contributed by atoms with E-state index in [-0.39, 0.29) is 30.7 Å². The van der Waals surface area contributed by atoms with Crippen LogP contribution in [-0.4, -0.2) is 36.0 Å². The molecular formula is C12H24O4. The van der Waals surface area contributed by atoms with Crippen LogP contribution in [0.3, 0.4) is 0 Å². The molecule has 0 aromatic rings. The molecule has 0 radical (unpaired) electrons. The minimum absolute atomic E-state index is 0.0422. The van der Waals surface area contributed by atoms with Crippen molar-refractivity contribution in [2.75, 3.05) is 6.61 Å². The van der Waals surface area contributed by atoms with E-state index in [2.05, 4.69) is 0 Å². The van der Waals surface area contributed by atoms with Gasteiger partial charge in [0.2, 0.25) is 0 Å². The molecule has 0 saturated heterocycles. The Morgan fingerprint density at radius 1 is 1.31 bits per heavy atom. The van der Waals surface area contributed by atoms with Crippen LogP contribution in [0, 0.1) is 0 Å². The molecule has 0 saturated carbocycles. The van der Waals surface area contributed by atoms with Crippen molar-refractivity contribution >= 4 is 5.97 Å². The minimum Gasteiger partial charge on any atom is -0.466 e. The van der Waals surface area contributed by atoms with Crippen molar-refractivity contribution in [1.82, 2.24) is 0 Å². The third-order valence-electron chi connectivity index (χ3n) is 2.25. The van der Waals surface area contributed by atoms with E-state index in [0.29, 0.717) is 13.0 Å². The normalized spacial score (nSPS) is 16.6. The van der Waals surface area contributed by atoms with Gasteiger partial charge in [0.25, 0.3) is 0 Å². The molecule has 0 aliphatic rings. The third-order valence-corrected chi connectivity index (χ3v) is 2.25. The first-order chi connectivity index (χ1) is 7.49. The van der Waals surface area contributed by atoms with Crippen LogP contribution in [0.4, 0.5) is 0 Å². The van der Waals surface area contributed by atoms with Crippen molar-refractivity contribution < 1.29 is 19.4 Å². The van der Waals surface area contributed by atoms with E-state index in [1.54, 1.807) is 13.8 Å². The summed E-state index contributed by atoms with van der Waals surface area (Å²) in [6.07, 6.45) is 1.10. The smallest absolute Gasteiger partial charge is 0.308 e. The Morgan fingerprint density at radius 3 is 2.38 bits per heavy atom. The van der Waals surface area contributed by atoms with E-state index in [1.165, 1.54) is 0 Å². The number of hydrogen-bond acceptors (Lipinski definition) is 4. The van der Waals surface area contributed by atoms with Crippen LogP contribution in [0.5, 0.6) is 0 Å². The Hall–Kier alpha value is -0.610. The second-order valence-corrected chi connectivity index (χ2v) is 4.07. The minimum atomic E-state index is -0.380. The van der Waals surface area contributed by atoms with Gasteiger partial charge < -0.3 is 14.6 Å². The molecule has 0 unspecified atom stereocenters. The molecule has 0 spiro atoms. The number of ether oxygens (including phenoxy) is 2. The van der Waals surface area contributed by atoms with Gasteiger partial charge in [-0.15, -0.1) is 0 Å². The number of rotatable bonds is 8. The Balaban J connectivity index is 3.94. The third kappa shape index (κ3) is 7.65. The van der Waals surface area contributed by atoms with Gasteiger partial charge in [-0.2, -0.15) is 0 Å². The highest BCUT2D eigenvalue weighted by Gasteiger charge is 2.17. The summed E-state index contributed by atoms with van der Waals surface area (Å²) in [4.78, 5) is 11.3. The van der Waals surface area contributed by atoms with Gasteiger partial charge in [0.05, 0.1) is 31.3 Å². The molecule has 0 rings (SSSR count). The molecule has 4 nitrogen and oxygen atoms in total. The zero-order valence-corrected chi connectivity index (χ0v) is 10.7. The number of esters is 1. The summed E-state index contributed by atoms with van der Waals surface area (Å²) in [5, 5.41) is 9.20. The molecular weight excluding hydrogens is 208 g/mol. The number of aliphatic hydroxyl groups is 1. The van der Waals surface area contributed by atoms with Gasteiger partial charge in [0.1, 0.15) is 0 Å². The molecule has 0 aliphatic carbocycles. The van der Waals surface area contributed by atoms with Crippen LogP contribution in [0.1, 0.15) is 47.0 Å². The summed E-state index contributed by atoms with van der Waals surface area (Å²) < 4.78 is 10.5. The molecule has 0 fully saturated rings. The van der Waals surface area contributed by atoms with Gasteiger partial charge in [0, 0.05) is 0 Å². The molecule has 16 heavy (non-hydrogen) atoms. The molecule has 0 aromatic carbocycles. The Bertz CT molecular complexity index is 191. The summed E-state index contributed by atoms with van der Waals surface area (Å²) in [6.45, 7) is 7.79.